The summed E-state index contributed by atoms with van der Waals surface area (Å²) in [5.74, 6) is 0.432. The van der Waals surface area contributed by atoms with Crippen molar-refractivity contribution < 1.29 is 8.42 Å². The van der Waals surface area contributed by atoms with E-state index >= 15 is 0 Å². The summed E-state index contributed by atoms with van der Waals surface area (Å²) in [6.45, 7) is 7.59. The number of rotatable bonds is 6. The van der Waals surface area contributed by atoms with Crippen LogP contribution in [0.4, 0.5) is 5.69 Å². The van der Waals surface area contributed by atoms with E-state index in [1.807, 2.05) is 51.1 Å². The molecule has 0 radical (unpaired) electrons. The highest BCUT2D eigenvalue weighted by molar-refractivity contribution is 7.98. The first-order chi connectivity index (χ1) is 15.6. The molecule has 8 heteroatoms. The largest absolute Gasteiger partial charge is 0.278 e. The first-order valence-corrected chi connectivity index (χ1v) is 12.9. The summed E-state index contributed by atoms with van der Waals surface area (Å²) in [6, 6.07) is 16.1. The van der Waals surface area contributed by atoms with Crippen LogP contribution in [0.5, 0.6) is 0 Å². The number of anilines is 1. The number of benzene rings is 2. The smallest absolute Gasteiger partial charge is 0.262 e. The molecule has 0 aliphatic rings. The van der Waals surface area contributed by atoms with E-state index in [0.717, 1.165) is 21.6 Å². The average molecular weight is 480 g/mol. The Kier molecular flexibility index (Phi) is 6.32. The average Bonchev–Trinajstić information content (AvgIpc) is 2.76. The number of hydrogen-bond donors (Lipinski definition) is 1. The predicted octanol–water partition coefficient (Wildman–Crippen LogP) is 5.02. The number of thioether (sulfide) groups is 1. The van der Waals surface area contributed by atoms with Crippen molar-refractivity contribution in [2.24, 2.45) is 0 Å². The number of hydrogen-bond acceptors (Lipinski definition) is 5. The maximum absolute atomic E-state index is 13.2. The summed E-state index contributed by atoms with van der Waals surface area (Å²) in [4.78, 5) is 18.1. The molecule has 0 aliphatic heterocycles. The van der Waals surface area contributed by atoms with Crippen LogP contribution in [-0.2, 0) is 15.8 Å². The Morgan fingerprint density at radius 3 is 2.45 bits per heavy atom. The second kappa shape index (κ2) is 9.03. The van der Waals surface area contributed by atoms with Crippen molar-refractivity contribution in [1.29, 1.82) is 0 Å². The fourth-order valence-electron chi connectivity index (χ4n) is 3.58. The Hall–Kier alpha value is -3.10. The zero-order chi connectivity index (χ0) is 23.8. The van der Waals surface area contributed by atoms with Crippen molar-refractivity contribution in [2.75, 3.05) is 4.72 Å². The molecule has 0 aliphatic carbocycles. The number of fused-ring (bicyclic) bond motifs is 1. The maximum atomic E-state index is 13.2. The lowest BCUT2D eigenvalue weighted by Gasteiger charge is -2.15. The predicted molar refractivity (Wildman–Crippen MR) is 134 cm³/mol. The van der Waals surface area contributed by atoms with Gasteiger partial charge in [0.25, 0.3) is 15.6 Å². The second-order valence-corrected chi connectivity index (χ2v) is 10.8. The molecular weight excluding hydrogens is 454 g/mol. The lowest BCUT2D eigenvalue weighted by molar-refractivity contribution is 0.600. The van der Waals surface area contributed by atoms with Crippen LogP contribution in [0.3, 0.4) is 0 Å². The topological polar surface area (TPSA) is 80.5 Å². The van der Waals surface area contributed by atoms with E-state index in [1.165, 1.54) is 22.2 Å². The van der Waals surface area contributed by atoms with Crippen LogP contribution in [0, 0.1) is 27.7 Å². The van der Waals surface area contributed by atoms with E-state index in [4.69, 9.17) is 0 Å². The zero-order valence-corrected chi connectivity index (χ0v) is 20.5. The Morgan fingerprint density at radius 1 is 0.939 bits per heavy atom. The maximum Gasteiger partial charge on any atom is 0.262 e. The van der Waals surface area contributed by atoms with Crippen molar-refractivity contribution in [3.8, 4) is 0 Å². The van der Waals surface area contributed by atoms with Gasteiger partial charge in [-0.3, -0.25) is 13.9 Å². The SMILES string of the molecule is Cc1ccc2nc(CSc3ccccc3NS(=O)(=O)c3cc(C)c(C)cc3C)cc(=O)n2c1. The van der Waals surface area contributed by atoms with Crippen LogP contribution in [0.25, 0.3) is 5.65 Å². The molecule has 0 saturated carbocycles. The number of aryl methyl sites for hydroxylation is 4. The van der Waals surface area contributed by atoms with E-state index in [-0.39, 0.29) is 10.5 Å². The standard InChI is InChI=1S/C25H25N3O3S2/c1-16-9-10-24-26-20(13-25(29)28(24)14-16)15-32-22-8-6-5-7-21(22)27-33(30,31)23-12-18(3)17(2)11-19(23)4/h5-14,27H,15H2,1-4H3. The molecule has 170 valence electrons. The molecule has 2 aromatic heterocycles. The van der Waals surface area contributed by atoms with Gasteiger partial charge in [0.15, 0.2) is 0 Å². The molecule has 0 bridgehead atoms. The summed E-state index contributed by atoms with van der Waals surface area (Å²) in [6.07, 6.45) is 1.76. The molecule has 4 rings (SSSR count). The summed E-state index contributed by atoms with van der Waals surface area (Å²) < 4.78 is 30.6. The molecule has 0 saturated heterocycles. The van der Waals surface area contributed by atoms with Crippen LogP contribution < -0.4 is 10.3 Å². The van der Waals surface area contributed by atoms with Gasteiger partial charge in [0.2, 0.25) is 0 Å². The first-order valence-electron chi connectivity index (χ1n) is 10.5. The Morgan fingerprint density at radius 2 is 1.67 bits per heavy atom. The van der Waals surface area contributed by atoms with Gasteiger partial charge in [-0.15, -0.1) is 11.8 Å². The summed E-state index contributed by atoms with van der Waals surface area (Å²) >= 11 is 1.43. The summed E-state index contributed by atoms with van der Waals surface area (Å²) in [7, 11) is -3.76. The zero-order valence-electron chi connectivity index (χ0n) is 18.9. The van der Waals surface area contributed by atoms with Gasteiger partial charge < -0.3 is 0 Å². The first kappa shape index (κ1) is 23.1. The number of para-hydroxylation sites is 1. The monoisotopic (exact) mass is 479 g/mol. The molecule has 33 heavy (non-hydrogen) atoms. The molecule has 0 fully saturated rings. The minimum absolute atomic E-state index is 0.140. The number of pyridine rings is 1. The minimum Gasteiger partial charge on any atom is -0.278 e. The molecule has 2 heterocycles. The highest BCUT2D eigenvalue weighted by atomic mass is 32.2. The van der Waals surface area contributed by atoms with Gasteiger partial charge in [-0.1, -0.05) is 24.3 Å². The van der Waals surface area contributed by atoms with Gasteiger partial charge in [-0.25, -0.2) is 13.4 Å². The van der Waals surface area contributed by atoms with E-state index in [0.29, 0.717) is 28.3 Å². The third kappa shape index (κ3) is 4.96. The van der Waals surface area contributed by atoms with Crippen molar-refractivity contribution >= 4 is 33.1 Å². The molecule has 2 aromatic carbocycles. The molecule has 0 amide bonds. The Bertz CT molecular complexity index is 1530. The van der Waals surface area contributed by atoms with Crippen molar-refractivity contribution in [2.45, 2.75) is 43.2 Å². The molecule has 0 atom stereocenters. The van der Waals surface area contributed by atoms with Gasteiger partial charge >= 0.3 is 0 Å². The molecule has 1 N–H and O–H groups in total. The van der Waals surface area contributed by atoms with Gasteiger partial charge in [-0.2, -0.15) is 0 Å². The Balaban J connectivity index is 1.60. The third-order valence-corrected chi connectivity index (χ3v) is 8.06. The van der Waals surface area contributed by atoms with Crippen LogP contribution in [-0.4, -0.2) is 17.8 Å². The third-order valence-electron chi connectivity index (χ3n) is 5.45. The number of nitrogens with zero attached hydrogens (tertiary/aromatic N) is 2. The molecule has 0 unspecified atom stereocenters. The van der Waals surface area contributed by atoms with Gasteiger partial charge in [0, 0.05) is 22.9 Å². The minimum atomic E-state index is -3.76. The fourth-order valence-corrected chi connectivity index (χ4v) is 5.94. The van der Waals surface area contributed by atoms with E-state index in [1.54, 1.807) is 31.3 Å². The van der Waals surface area contributed by atoms with Crippen molar-refractivity contribution in [3.63, 3.8) is 0 Å². The number of aromatic nitrogens is 2. The molecule has 4 aromatic rings. The molecular formula is C25H25N3O3S2. The van der Waals surface area contributed by atoms with Gasteiger partial charge in [0.05, 0.1) is 16.3 Å². The van der Waals surface area contributed by atoms with Crippen LogP contribution >= 0.6 is 11.8 Å². The van der Waals surface area contributed by atoms with E-state index in [2.05, 4.69) is 9.71 Å². The van der Waals surface area contributed by atoms with Gasteiger partial charge in [0.1, 0.15) is 5.65 Å². The number of nitrogens with one attached hydrogen (secondary N) is 1. The summed E-state index contributed by atoms with van der Waals surface area (Å²) in [5, 5.41) is 0. The lowest BCUT2D eigenvalue weighted by Crippen LogP contribution is -2.16. The van der Waals surface area contributed by atoms with Crippen LogP contribution in [0.1, 0.15) is 27.9 Å². The second-order valence-electron chi connectivity index (χ2n) is 8.11. The highest BCUT2D eigenvalue weighted by Gasteiger charge is 2.19. The molecule has 0 spiro atoms. The highest BCUT2D eigenvalue weighted by Crippen LogP contribution is 2.31. The lowest BCUT2D eigenvalue weighted by atomic mass is 10.1. The van der Waals surface area contributed by atoms with E-state index < -0.39 is 10.0 Å². The molecule has 6 nitrogen and oxygen atoms in total. The quantitative estimate of drug-likeness (QED) is 0.393. The van der Waals surface area contributed by atoms with E-state index in [9.17, 15) is 13.2 Å². The Labute approximate surface area is 197 Å². The van der Waals surface area contributed by atoms with Crippen molar-refractivity contribution in [3.05, 3.63) is 99.1 Å². The fraction of sp³-hybridized carbons (Fsp3) is 0.200. The van der Waals surface area contributed by atoms with Gasteiger partial charge in [-0.05, 0) is 74.2 Å². The van der Waals surface area contributed by atoms with Crippen LogP contribution in [0.2, 0.25) is 0 Å². The van der Waals surface area contributed by atoms with Crippen molar-refractivity contribution in [1.82, 2.24) is 9.38 Å². The normalized spacial score (nSPS) is 11.6. The summed E-state index contributed by atoms with van der Waals surface area (Å²) in [5.41, 5.74) is 5.23. The number of sulfonamides is 1. The van der Waals surface area contributed by atoms with Crippen LogP contribution in [0.15, 0.2) is 75.4 Å².